The van der Waals surface area contributed by atoms with Crippen molar-refractivity contribution in [2.75, 3.05) is 11.5 Å². The molecule has 106 valence electrons. The average molecular weight is 312 g/mol. The van der Waals surface area contributed by atoms with E-state index in [1.807, 2.05) is 0 Å². The SMILES string of the molecule is O=C(NC1CCS(=O)(=O)C1)c1csc(-c2ccco2)n1. The number of thiazole rings is 1. The summed E-state index contributed by atoms with van der Waals surface area (Å²) in [5, 5.41) is 4.96. The first-order valence-electron chi connectivity index (χ1n) is 6.04. The van der Waals surface area contributed by atoms with Crippen LogP contribution in [0.5, 0.6) is 0 Å². The summed E-state index contributed by atoms with van der Waals surface area (Å²) < 4.78 is 27.9. The van der Waals surface area contributed by atoms with Gasteiger partial charge in [0.25, 0.3) is 5.91 Å². The molecular formula is C12H12N2O4S2. The normalized spacial score (nSPS) is 20.9. The molecule has 1 amide bonds. The van der Waals surface area contributed by atoms with Crippen LogP contribution in [0.3, 0.4) is 0 Å². The van der Waals surface area contributed by atoms with Gasteiger partial charge in [-0.1, -0.05) is 0 Å². The molecule has 3 heterocycles. The highest BCUT2D eigenvalue weighted by Gasteiger charge is 2.29. The zero-order valence-corrected chi connectivity index (χ0v) is 12.0. The van der Waals surface area contributed by atoms with Crippen molar-refractivity contribution in [1.29, 1.82) is 0 Å². The van der Waals surface area contributed by atoms with Gasteiger partial charge < -0.3 is 9.73 Å². The van der Waals surface area contributed by atoms with E-state index in [0.717, 1.165) is 0 Å². The van der Waals surface area contributed by atoms with Crippen LogP contribution in [0.2, 0.25) is 0 Å². The minimum absolute atomic E-state index is 0.00786. The van der Waals surface area contributed by atoms with Gasteiger partial charge >= 0.3 is 0 Å². The minimum Gasteiger partial charge on any atom is -0.462 e. The molecule has 1 aliphatic heterocycles. The highest BCUT2D eigenvalue weighted by Crippen LogP contribution is 2.24. The second kappa shape index (κ2) is 5.02. The van der Waals surface area contributed by atoms with Crippen molar-refractivity contribution in [2.24, 2.45) is 0 Å². The Morgan fingerprint density at radius 3 is 3.00 bits per heavy atom. The van der Waals surface area contributed by atoms with Gasteiger partial charge in [-0.3, -0.25) is 4.79 Å². The van der Waals surface area contributed by atoms with Crippen LogP contribution in [-0.2, 0) is 9.84 Å². The maximum atomic E-state index is 12.0. The predicted molar refractivity (Wildman–Crippen MR) is 74.3 cm³/mol. The van der Waals surface area contributed by atoms with E-state index in [2.05, 4.69) is 10.3 Å². The highest BCUT2D eigenvalue weighted by atomic mass is 32.2. The molecule has 3 rings (SSSR count). The van der Waals surface area contributed by atoms with Crippen molar-refractivity contribution in [3.8, 4) is 10.8 Å². The molecule has 0 radical (unpaired) electrons. The molecule has 1 N–H and O–H groups in total. The van der Waals surface area contributed by atoms with E-state index in [0.29, 0.717) is 17.2 Å². The van der Waals surface area contributed by atoms with E-state index in [1.54, 1.807) is 23.8 Å². The second-order valence-electron chi connectivity index (χ2n) is 4.59. The molecule has 1 saturated heterocycles. The fourth-order valence-electron chi connectivity index (χ4n) is 2.06. The zero-order chi connectivity index (χ0) is 14.2. The molecule has 2 aromatic heterocycles. The zero-order valence-electron chi connectivity index (χ0n) is 10.4. The number of aromatic nitrogens is 1. The number of sulfone groups is 1. The van der Waals surface area contributed by atoms with Crippen LogP contribution in [0.25, 0.3) is 10.8 Å². The van der Waals surface area contributed by atoms with Crippen LogP contribution in [0.15, 0.2) is 28.2 Å². The number of nitrogens with one attached hydrogen (secondary N) is 1. The van der Waals surface area contributed by atoms with E-state index in [-0.39, 0.29) is 29.1 Å². The van der Waals surface area contributed by atoms with E-state index >= 15 is 0 Å². The van der Waals surface area contributed by atoms with Gasteiger partial charge in [0.15, 0.2) is 20.6 Å². The summed E-state index contributed by atoms with van der Waals surface area (Å²) in [6.45, 7) is 0. The maximum Gasteiger partial charge on any atom is 0.271 e. The lowest BCUT2D eigenvalue weighted by molar-refractivity contribution is 0.0937. The Morgan fingerprint density at radius 1 is 1.50 bits per heavy atom. The molecule has 0 aliphatic carbocycles. The molecule has 1 aliphatic rings. The van der Waals surface area contributed by atoms with Gasteiger partial charge in [0.1, 0.15) is 5.69 Å². The Labute approximate surface area is 119 Å². The van der Waals surface area contributed by atoms with Crippen molar-refractivity contribution in [2.45, 2.75) is 12.5 Å². The Kier molecular flexibility index (Phi) is 3.35. The molecule has 6 nitrogen and oxygen atoms in total. The van der Waals surface area contributed by atoms with Crippen molar-refractivity contribution in [3.05, 3.63) is 29.5 Å². The number of carbonyl (C=O) groups excluding carboxylic acids is 1. The lowest BCUT2D eigenvalue weighted by Crippen LogP contribution is -2.35. The molecule has 0 aromatic carbocycles. The molecular weight excluding hydrogens is 300 g/mol. The first-order chi connectivity index (χ1) is 9.53. The third kappa shape index (κ3) is 2.75. The summed E-state index contributed by atoms with van der Waals surface area (Å²) in [7, 11) is -3.00. The first kappa shape index (κ1) is 13.3. The van der Waals surface area contributed by atoms with Crippen LogP contribution in [0, 0.1) is 0 Å². The minimum atomic E-state index is -3.00. The van der Waals surface area contributed by atoms with Gasteiger partial charge in [-0.15, -0.1) is 11.3 Å². The Hall–Kier alpha value is -1.67. The number of furan rings is 1. The van der Waals surface area contributed by atoms with Crippen LogP contribution >= 0.6 is 11.3 Å². The topological polar surface area (TPSA) is 89.3 Å². The predicted octanol–water partition coefficient (Wildman–Crippen LogP) is 1.32. The van der Waals surface area contributed by atoms with Crippen molar-refractivity contribution in [3.63, 3.8) is 0 Å². The fraction of sp³-hybridized carbons (Fsp3) is 0.333. The molecule has 1 fully saturated rings. The fourth-order valence-corrected chi connectivity index (χ4v) is 4.50. The van der Waals surface area contributed by atoms with Gasteiger partial charge in [-0.05, 0) is 18.6 Å². The van der Waals surface area contributed by atoms with Crippen LogP contribution < -0.4 is 5.32 Å². The number of nitrogens with zero attached hydrogens (tertiary/aromatic N) is 1. The maximum absolute atomic E-state index is 12.0. The second-order valence-corrected chi connectivity index (χ2v) is 7.68. The van der Waals surface area contributed by atoms with Crippen LogP contribution in [0.1, 0.15) is 16.9 Å². The summed E-state index contributed by atoms with van der Waals surface area (Å²) in [5.74, 6) is 0.402. The van der Waals surface area contributed by atoms with E-state index in [1.165, 1.54) is 11.3 Å². The summed E-state index contributed by atoms with van der Waals surface area (Å²) in [5.41, 5.74) is 0.283. The Balaban J connectivity index is 1.69. The largest absolute Gasteiger partial charge is 0.462 e. The van der Waals surface area contributed by atoms with Crippen LogP contribution in [-0.4, -0.2) is 36.9 Å². The van der Waals surface area contributed by atoms with E-state index in [9.17, 15) is 13.2 Å². The van der Waals surface area contributed by atoms with Gasteiger partial charge in [-0.2, -0.15) is 0 Å². The van der Waals surface area contributed by atoms with Crippen molar-refractivity contribution >= 4 is 27.1 Å². The lowest BCUT2D eigenvalue weighted by atomic mass is 10.2. The monoisotopic (exact) mass is 312 g/mol. The smallest absolute Gasteiger partial charge is 0.271 e. The number of hydrogen-bond acceptors (Lipinski definition) is 6. The van der Waals surface area contributed by atoms with Gasteiger partial charge in [-0.25, -0.2) is 13.4 Å². The molecule has 2 aromatic rings. The first-order valence-corrected chi connectivity index (χ1v) is 8.74. The molecule has 0 saturated carbocycles. The molecule has 0 spiro atoms. The summed E-state index contributed by atoms with van der Waals surface area (Å²) in [6, 6.07) is 3.20. The van der Waals surface area contributed by atoms with Gasteiger partial charge in [0, 0.05) is 11.4 Å². The van der Waals surface area contributed by atoms with Crippen LogP contribution in [0.4, 0.5) is 0 Å². The van der Waals surface area contributed by atoms with Crippen molar-refractivity contribution in [1.82, 2.24) is 10.3 Å². The Morgan fingerprint density at radius 2 is 2.35 bits per heavy atom. The van der Waals surface area contributed by atoms with E-state index in [4.69, 9.17) is 4.42 Å². The third-order valence-corrected chi connectivity index (χ3v) is 5.66. The summed E-state index contributed by atoms with van der Waals surface area (Å²) >= 11 is 1.31. The number of rotatable bonds is 3. The van der Waals surface area contributed by atoms with E-state index < -0.39 is 9.84 Å². The lowest BCUT2D eigenvalue weighted by Gasteiger charge is -2.08. The standard InChI is InChI=1S/C12H12N2O4S2/c15-11(13-8-3-5-20(16,17)7-8)9-6-19-12(14-9)10-2-1-4-18-10/h1-2,4,6,8H,3,5,7H2,(H,13,15). The van der Waals surface area contributed by atoms with Gasteiger partial charge in [0.2, 0.25) is 0 Å². The summed E-state index contributed by atoms with van der Waals surface area (Å²) in [4.78, 5) is 16.2. The summed E-state index contributed by atoms with van der Waals surface area (Å²) in [6.07, 6.45) is 2.00. The molecule has 20 heavy (non-hydrogen) atoms. The number of carbonyl (C=O) groups is 1. The third-order valence-electron chi connectivity index (χ3n) is 3.04. The highest BCUT2D eigenvalue weighted by molar-refractivity contribution is 7.91. The quantitative estimate of drug-likeness (QED) is 0.923. The number of hydrogen-bond donors (Lipinski definition) is 1. The van der Waals surface area contributed by atoms with Gasteiger partial charge in [0.05, 0.1) is 17.8 Å². The molecule has 8 heteroatoms. The molecule has 1 atom stereocenters. The number of amides is 1. The molecule has 0 bridgehead atoms. The van der Waals surface area contributed by atoms with Crippen molar-refractivity contribution < 1.29 is 17.6 Å². The molecule has 1 unspecified atom stereocenters. The Bertz CT molecular complexity index is 718. The average Bonchev–Trinajstić information content (AvgIpc) is 3.08.